The first-order valence-electron chi connectivity index (χ1n) is 11.7. The summed E-state index contributed by atoms with van der Waals surface area (Å²) in [4.78, 5) is 16.1. The van der Waals surface area contributed by atoms with Crippen molar-refractivity contribution >= 4 is 25.0 Å². The number of nitrogen functional groups attached to an aromatic ring is 1. The highest BCUT2D eigenvalue weighted by molar-refractivity contribution is 7.55. The Bertz CT molecular complexity index is 1380. The van der Waals surface area contributed by atoms with Crippen LogP contribution in [0.5, 0.6) is 5.75 Å². The lowest BCUT2D eigenvalue weighted by Gasteiger charge is -2.26. The molecule has 0 spiro atoms. The molecule has 0 bridgehead atoms. The van der Waals surface area contributed by atoms with Crippen molar-refractivity contribution in [3.8, 4) is 11.8 Å². The Morgan fingerprint density at radius 3 is 2.76 bits per heavy atom. The number of anilines is 1. The number of nitrogens with one attached hydrogen (secondary N) is 2. The molecule has 3 aromatic rings. The predicted molar refractivity (Wildman–Crippen MR) is 133 cm³/mol. The fraction of sp³-hybridized carbons (Fsp3) is 0.391. The summed E-state index contributed by atoms with van der Waals surface area (Å²) >= 11 is 0. The lowest BCUT2D eigenvalue weighted by atomic mass is 9.92. The smallest absolute Gasteiger partial charge is 0.391 e. The molecule has 1 aliphatic rings. The number of aromatic nitrogens is 3. The molecule has 1 saturated heterocycles. The molecule has 202 valence electrons. The summed E-state index contributed by atoms with van der Waals surface area (Å²) in [5.41, 5.74) is 4.34. The Kier molecular flexibility index (Phi) is 7.98. The number of nitriles is 1. The van der Waals surface area contributed by atoms with Crippen molar-refractivity contribution in [2.24, 2.45) is 0 Å². The van der Waals surface area contributed by atoms with Crippen LogP contribution in [0.1, 0.15) is 19.5 Å². The zero-order chi connectivity index (χ0) is 27.5. The maximum Gasteiger partial charge on any atom is 0.391 e. The highest BCUT2D eigenvalue weighted by Gasteiger charge is 2.57. The molecule has 0 radical (unpaired) electrons. The van der Waals surface area contributed by atoms with Crippen LogP contribution in [0.4, 0.5) is 5.82 Å². The van der Waals surface area contributed by atoms with Gasteiger partial charge in [0.1, 0.15) is 48.0 Å². The summed E-state index contributed by atoms with van der Waals surface area (Å²) < 4.78 is 31.6. The van der Waals surface area contributed by atoms with Gasteiger partial charge in [0.05, 0.1) is 12.3 Å². The number of fused-ring (bicyclic) bond motifs is 1. The number of hydrogen-bond acceptors (Lipinski definition) is 11. The molecule has 2 aromatic heterocycles. The molecular formula is C23H28N7O7P. The van der Waals surface area contributed by atoms with Gasteiger partial charge in [-0.1, -0.05) is 18.2 Å². The number of nitrogens with zero attached hydrogens (tertiary/aromatic N) is 4. The topological polar surface area (TPSA) is 206 Å². The van der Waals surface area contributed by atoms with Crippen LogP contribution in [-0.4, -0.2) is 68.3 Å². The molecule has 1 aliphatic heterocycles. The van der Waals surface area contributed by atoms with Crippen LogP contribution in [0.2, 0.25) is 0 Å². The van der Waals surface area contributed by atoms with E-state index in [0.717, 1.165) is 0 Å². The molecule has 15 heteroatoms. The van der Waals surface area contributed by atoms with E-state index in [4.69, 9.17) is 19.7 Å². The minimum atomic E-state index is -4.03. The lowest BCUT2D eigenvalue weighted by Crippen LogP contribution is -2.43. The zero-order valence-corrected chi connectivity index (χ0v) is 21.5. The van der Waals surface area contributed by atoms with Gasteiger partial charge in [-0.3, -0.25) is 4.79 Å². The van der Waals surface area contributed by atoms with E-state index in [0.29, 0.717) is 5.52 Å². The predicted octanol–water partition coefficient (Wildman–Crippen LogP) is 0.469. The van der Waals surface area contributed by atoms with Gasteiger partial charge in [-0.05, 0) is 38.1 Å². The van der Waals surface area contributed by atoms with Gasteiger partial charge in [-0.25, -0.2) is 24.2 Å². The third-order valence-corrected chi connectivity index (χ3v) is 7.76. The average molecular weight is 545 g/mol. The number of nitrogens with two attached hydrogens (primary N) is 1. The number of rotatable bonds is 10. The largest absolute Gasteiger partial charge is 0.465 e. The third-order valence-electron chi connectivity index (χ3n) is 5.97. The van der Waals surface area contributed by atoms with Crippen molar-refractivity contribution in [3.63, 3.8) is 0 Å². The van der Waals surface area contributed by atoms with Gasteiger partial charge in [-0.15, -0.1) is 0 Å². The van der Waals surface area contributed by atoms with Crippen molar-refractivity contribution in [2.45, 2.75) is 43.8 Å². The van der Waals surface area contributed by atoms with Gasteiger partial charge in [0, 0.05) is 6.54 Å². The average Bonchev–Trinajstić information content (AvgIpc) is 3.44. The second kappa shape index (κ2) is 11.0. The van der Waals surface area contributed by atoms with Gasteiger partial charge in [0.15, 0.2) is 5.82 Å². The Morgan fingerprint density at radius 1 is 1.34 bits per heavy atom. The molecule has 3 heterocycles. The first-order valence-corrected chi connectivity index (χ1v) is 13.3. The highest BCUT2D eigenvalue weighted by atomic mass is 31.2. The van der Waals surface area contributed by atoms with Crippen LogP contribution in [0.3, 0.4) is 0 Å². The molecule has 1 fully saturated rings. The second-order valence-corrected chi connectivity index (χ2v) is 10.4. The molecule has 0 amide bonds. The summed E-state index contributed by atoms with van der Waals surface area (Å²) in [6.45, 7) is 2.89. The van der Waals surface area contributed by atoms with Crippen LogP contribution in [-0.2, 0) is 24.4 Å². The molecule has 6 N–H and O–H groups in total. The number of hydrogen-bond donors (Lipinski definition) is 5. The van der Waals surface area contributed by atoms with Crippen molar-refractivity contribution in [1.82, 2.24) is 24.8 Å². The summed E-state index contributed by atoms with van der Waals surface area (Å²) in [5.74, 6) is -0.266. The molecule has 1 aromatic carbocycles. The quantitative estimate of drug-likeness (QED) is 0.174. The highest BCUT2D eigenvalue weighted by Crippen LogP contribution is 2.43. The van der Waals surface area contributed by atoms with Gasteiger partial charge < -0.3 is 29.9 Å². The molecule has 38 heavy (non-hydrogen) atoms. The Morgan fingerprint density at radius 2 is 2.08 bits per heavy atom. The molecule has 0 aliphatic carbocycles. The Hall–Kier alpha value is -3.57. The number of ether oxygens (including phenoxy) is 2. The van der Waals surface area contributed by atoms with E-state index < -0.39 is 43.6 Å². The van der Waals surface area contributed by atoms with Crippen molar-refractivity contribution in [3.05, 3.63) is 54.5 Å². The molecule has 6 atom stereocenters. The number of esters is 1. The van der Waals surface area contributed by atoms with E-state index in [-0.39, 0.29) is 30.4 Å². The number of carbonyl (C=O) groups excluding carboxylic acids is 1. The molecular weight excluding hydrogens is 517 g/mol. The number of aliphatic hydroxyl groups is 2. The molecule has 14 nitrogen and oxygen atoms in total. The second-order valence-electron chi connectivity index (χ2n) is 8.52. The fourth-order valence-corrected chi connectivity index (χ4v) is 5.76. The molecule has 1 unspecified atom stereocenters. The van der Waals surface area contributed by atoms with Crippen LogP contribution in [0.15, 0.2) is 48.8 Å². The minimum Gasteiger partial charge on any atom is -0.465 e. The molecule has 0 saturated carbocycles. The van der Waals surface area contributed by atoms with E-state index in [1.54, 1.807) is 43.3 Å². The maximum atomic E-state index is 13.8. The van der Waals surface area contributed by atoms with Crippen LogP contribution in [0.25, 0.3) is 5.52 Å². The van der Waals surface area contributed by atoms with E-state index in [1.807, 2.05) is 6.07 Å². The number of carbonyl (C=O) groups is 1. The first kappa shape index (κ1) is 27.5. The van der Waals surface area contributed by atoms with E-state index in [1.165, 1.54) is 23.8 Å². The number of benzene rings is 1. The van der Waals surface area contributed by atoms with Gasteiger partial charge >= 0.3 is 13.6 Å². The zero-order valence-electron chi connectivity index (χ0n) is 20.6. The van der Waals surface area contributed by atoms with Crippen molar-refractivity contribution in [2.75, 3.05) is 18.9 Å². The summed E-state index contributed by atoms with van der Waals surface area (Å²) in [5, 5.41) is 41.2. The third kappa shape index (κ3) is 5.21. The Balaban J connectivity index is 1.58. The normalized spacial score (nSPS) is 25.4. The summed E-state index contributed by atoms with van der Waals surface area (Å²) in [6, 6.07) is 12.2. The number of para-hydroxylation sites is 1. The van der Waals surface area contributed by atoms with Crippen LogP contribution in [0, 0.1) is 11.3 Å². The van der Waals surface area contributed by atoms with Crippen molar-refractivity contribution < 1.29 is 33.6 Å². The van der Waals surface area contributed by atoms with Gasteiger partial charge in [0.2, 0.25) is 5.60 Å². The van der Waals surface area contributed by atoms with Gasteiger partial charge in [0.25, 0.3) is 0 Å². The SMILES string of the molecule is CCOC(=O)[C@H](C)NP(=O)(NC[C@H]1O[C@@](C#N)(c2ccc3c(N)ncnn23)[C@H](O)[C@@H]1O)Oc1ccccc1. The standard InChI is InChI=1S/C23H28N7O7P/c1-3-35-22(33)14(2)29-38(34,37-15-7-5-4-6-8-15)28-11-17-19(31)20(32)23(12-24,36-17)18-10-9-16-21(25)26-13-27-30(16)18/h4-10,13-14,17,19-20,31-32H,3,11H2,1-2H3,(H2,25,26,27)(H2,28,29,34)/t14-,17+,19+,20+,23-,38?/m0/s1. The van der Waals surface area contributed by atoms with E-state index in [2.05, 4.69) is 20.3 Å². The summed E-state index contributed by atoms with van der Waals surface area (Å²) in [7, 11) is -4.03. The first-order chi connectivity index (χ1) is 18.1. The maximum absolute atomic E-state index is 13.8. The number of aliphatic hydroxyl groups excluding tert-OH is 2. The monoisotopic (exact) mass is 545 g/mol. The van der Waals surface area contributed by atoms with Gasteiger partial charge in [-0.2, -0.15) is 10.4 Å². The van der Waals surface area contributed by atoms with E-state index in [9.17, 15) is 24.8 Å². The lowest BCUT2D eigenvalue weighted by molar-refractivity contribution is -0.144. The van der Waals surface area contributed by atoms with E-state index >= 15 is 0 Å². The minimum absolute atomic E-state index is 0.121. The molecule has 4 rings (SSSR count). The summed E-state index contributed by atoms with van der Waals surface area (Å²) in [6.07, 6.45) is -3.31. The fourth-order valence-electron chi connectivity index (χ4n) is 4.10. The van der Waals surface area contributed by atoms with Crippen molar-refractivity contribution in [1.29, 1.82) is 5.26 Å². The van der Waals surface area contributed by atoms with Crippen LogP contribution < -0.4 is 20.4 Å². The Labute approximate surface area is 217 Å². The van der Waals surface area contributed by atoms with Crippen LogP contribution >= 0.6 is 7.67 Å².